The molecule has 0 bridgehead atoms. The number of amides is 3. The number of carbonyl (C=O) groups excluding carboxylic acids is 3. The number of pyridine rings is 2. The average molecular weight is 724 g/mol. The number of hydrogen-bond acceptors (Lipinski definition) is 8. The first-order valence-electron chi connectivity index (χ1n) is 17.1. The monoisotopic (exact) mass is 723 g/mol. The standard InChI is InChI=1S/C34H34ClF2N7O5.C2H6/c1-18(20-9-11-42(12-10-20)33(47)48-2)44-31-24(16-40-44)28(29(30(38)45)25(41-31)13-19-3-4-19)21-5-8-26-27(14-21)49-34(36,37)32(46)43(26)17-23-7-6-22(35)15-39-23;1-2/h5-8,14-16,18-20H,3-4,9-13,17H2,1-2H3,(H2,38,45);1-2H3. The molecule has 2 aliphatic heterocycles. The van der Waals surface area contributed by atoms with Crippen LogP contribution in [0.5, 0.6) is 5.75 Å². The first-order valence-corrected chi connectivity index (χ1v) is 17.5. The third-order valence-corrected chi connectivity index (χ3v) is 9.89. The van der Waals surface area contributed by atoms with Crippen LogP contribution in [0, 0.1) is 11.8 Å². The van der Waals surface area contributed by atoms with Crippen LogP contribution in [0.2, 0.25) is 5.02 Å². The summed E-state index contributed by atoms with van der Waals surface area (Å²) in [7, 11) is 1.37. The van der Waals surface area contributed by atoms with Gasteiger partial charge in [0.1, 0.15) is 0 Å². The maximum absolute atomic E-state index is 15.1. The Morgan fingerprint density at radius 1 is 1.12 bits per heavy atom. The van der Waals surface area contributed by atoms with Gasteiger partial charge in [-0.25, -0.2) is 14.5 Å². The molecule has 1 aromatic carbocycles. The molecule has 5 heterocycles. The van der Waals surface area contributed by atoms with E-state index in [1.807, 2.05) is 25.5 Å². The Balaban J connectivity index is 0.00000220. The minimum atomic E-state index is -4.15. The van der Waals surface area contributed by atoms with Crippen molar-refractivity contribution in [2.75, 3.05) is 25.1 Å². The molecule has 0 radical (unpaired) electrons. The topological polar surface area (TPSA) is 146 Å². The van der Waals surface area contributed by atoms with E-state index in [9.17, 15) is 14.4 Å². The van der Waals surface area contributed by atoms with Gasteiger partial charge in [0.25, 0.3) is 5.91 Å². The molecule has 2 N–H and O–H groups in total. The fourth-order valence-electron chi connectivity index (χ4n) is 6.85. The van der Waals surface area contributed by atoms with E-state index < -0.39 is 17.9 Å². The van der Waals surface area contributed by atoms with Crippen LogP contribution in [-0.2, 0) is 22.5 Å². The summed E-state index contributed by atoms with van der Waals surface area (Å²) >= 11 is 5.94. The van der Waals surface area contributed by atoms with Crippen molar-refractivity contribution in [2.45, 2.75) is 71.6 Å². The van der Waals surface area contributed by atoms with Crippen molar-refractivity contribution in [3.63, 3.8) is 0 Å². The number of alkyl halides is 2. The van der Waals surface area contributed by atoms with Crippen LogP contribution in [0.15, 0.2) is 42.7 Å². The number of likely N-dealkylation sites (tertiary alicyclic amines) is 1. The van der Waals surface area contributed by atoms with Crippen LogP contribution in [0.3, 0.4) is 0 Å². The Morgan fingerprint density at radius 3 is 2.47 bits per heavy atom. The number of ether oxygens (including phenoxy) is 2. The SMILES string of the molecule is CC.COC(=O)N1CCC(C(C)n2ncc3c(-c4ccc5c(c4)OC(F)(F)C(=O)N5Cc4ccc(Cl)cn4)c(C(N)=O)c(CC4CC4)nc32)CC1. The lowest BCUT2D eigenvalue weighted by molar-refractivity contribution is -0.193. The van der Waals surface area contributed by atoms with E-state index in [-0.39, 0.29) is 41.6 Å². The zero-order valence-electron chi connectivity index (χ0n) is 28.9. The van der Waals surface area contributed by atoms with Crippen molar-refractivity contribution in [3.8, 4) is 16.9 Å². The van der Waals surface area contributed by atoms with Crippen molar-refractivity contribution in [1.82, 2.24) is 24.6 Å². The smallest absolute Gasteiger partial charge is 0.453 e. The van der Waals surface area contributed by atoms with Crippen LogP contribution in [-0.4, -0.2) is 68.9 Å². The fourth-order valence-corrected chi connectivity index (χ4v) is 6.96. The van der Waals surface area contributed by atoms with Crippen molar-refractivity contribution >= 4 is 46.2 Å². The van der Waals surface area contributed by atoms with Gasteiger partial charge in [0.05, 0.1) is 53.6 Å². The molecule has 15 heteroatoms. The molecule has 2 fully saturated rings. The minimum Gasteiger partial charge on any atom is -0.453 e. The summed E-state index contributed by atoms with van der Waals surface area (Å²) in [5.41, 5.74) is 8.51. The molecule has 12 nitrogen and oxygen atoms in total. The van der Waals surface area contributed by atoms with Crippen LogP contribution in [0.4, 0.5) is 19.3 Å². The second kappa shape index (κ2) is 14.4. The molecule has 1 unspecified atom stereocenters. The Labute approximate surface area is 298 Å². The lowest BCUT2D eigenvalue weighted by atomic mass is 9.90. The number of hydrogen-bond donors (Lipinski definition) is 1. The predicted molar refractivity (Wildman–Crippen MR) is 187 cm³/mol. The number of anilines is 1. The van der Waals surface area contributed by atoms with Gasteiger partial charge in [-0.05, 0) is 80.7 Å². The van der Waals surface area contributed by atoms with Crippen LogP contribution >= 0.6 is 11.6 Å². The van der Waals surface area contributed by atoms with E-state index in [0.717, 1.165) is 30.6 Å². The Bertz CT molecular complexity index is 1960. The maximum Gasteiger partial charge on any atom is 0.482 e. The van der Waals surface area contributed by atoms with Gasteiger partial charge < -0.3 is 20.1 Å². The van der Waals surface area contributed by atoms with Gasteiger partial charge in [0.15, 0.2) is 11.4 Å². The highest BCUT2D eigenvalue weighted by Crippen LogP contribution is 2.45. The fraction of sp³-hybridized carbons (Fsp3) is 0.444. The lowest BCUT2D eigenvalue weighted by Crippen LogP contribution is -2.50. The summed E-state index contributed by atoms with van der Waals surface area (Å²) in [5, 5.41) is 5.61. The van der Waals surface area contributed by atoms with Gasteiger partial charge in [0.2, 0.25) is 0 Å². The Hall–Kier alpha value is -4.85. The van der Waals surface area contributed by atoms with E-state index >= 15 is 8.78 Å². The number of primary amides is 1. The number of fused-ring (bicyclic) bond motifs is 2. The van der Waals surface area contributed by atoms with Crippen LogP contribution < -0.4 is 15.4 Å². The van der Waals surface area contributed by atoms with Gasteiger partial charge in [-0.15, -0.1) is 0 Å². The molecule has 3 aromatic heterocycles. The highest BCUT2D eigenvalue weighted by Gasteiger charge is 2.50. The average Bonchev–Trinajstić information content (AvgIpc) is 3.85. The van der Waals surface area contributed by atoms with Gasteiger partial charge >= 0.3 is 18.1 Å². The summed E-state index contributed by atoms with van der Waals surface area (Å²) in [6.07, 6.45) is 2.45. The summed E-state index contributed by atoms with van der Waals surface area (Å²) in [4.78, 5) is 49.8. The molecule has 1 aliphatic carbocycles. The van der Waals surface area contributed by atoms with E-state index in [0.29, 0.717) is 64.0 Å². The van der Waals surface area contributed by atoms with Crippen LogP contribution in [0.25, 0.3) is 22.2 Å². The number of piperidine rings is 1. The van der Waals surface area contributed by atoms with E-state index in [2.05, 4.69) is 4.98 Å². The Kier molecular flexibility index (Phi) is 10.2. The second-order valence-electron chi connectivity index (χ2n) is 12.8. The third kappa shape index (κ3) is 7.06. The zero-order chi connectivity index (χ0) is 36.6. The van der Waals surface area contributed by atoms with Crippen LogP contribution in [0.1, 0.15) is 74.2 Å². The molecule has 3 aliphatic rings. The number of carbonyl (C=O) groups is 3. The van der Waals surface area contributed by atoms with Crippen molar-refractivity contribution in [3.05, 3.63) is 64.7 Å². The molecule has 0 spiro atoms. The highest BCUT2D eigenvalue weighted by molar-refractivity contribution is 6.30. The summed E-state index contributed by atoms with van der Waals surface area (Å²) < 4.78 is 41.9. The first kappa shape index (κ1) is 36.0. The molecule has 51 heavy (non-hydrogen) atoms. The largest absolute Gasteiger partial charge is 0.482 e. The summed E-state index contributed by atoms with van der Waals surface area (Å²) in [5.74, 6) is -1.97. The quantitative estimate of drug-likeness (QED) is 0.209. The van der Waals surface area contributed by atoms with Gasteiger partial charge in [-0.3, -0.25) is 19.5 Å². The zero-order valence-corrected chi connectivity index (χ0v) is 29.6. The summed E-state index contributed by atoms with van der Waals surface area (Å²) in [6.45, 7) is 6.89. The number of methoxy groups -OCH3 is 1. The third-order valence-electron chi connectivity index (χ3n) is 9.66. The maximum atomic E-state index is 15.1. The number of aromatic nitrogens is 4. The molecular formula is C36H40ClF2N7O5. The highest BCUT2D eigenvalue weighted by atomic mass is 35.5. The van der Waals surface area contributed by atoms with E-state index in [1.54, 1.807) is 29.3 Å². The molecule has 1 saturated heterocycles. The van der Waals surface area contributed by atoms with Gasteiger partial charge in [-0.1, -0.05) is 31.5 Å². The molecule has 7 rings (SSSR count). The second-order valence-corrected chi connectivity index (χ2v) is 13.3. The summed E-state index contributed by atoms with van der Waals surface area (Å²) in [6, 6.07) is 7.54. The number of rotatable bonds is 8. The molecule has 1 saturated carbocycles. The van der Waals surface area contributed by atoms with Gasteiger partial charge in [0, 0.05) is 30.2 Å². The van der Waals surface area contributed by atoms with Gasteiger partial charge in [-0.2, -0.15) is 13.9 Å². The van der Waals surface area contributed by atoms with E-state index in [1.165, 1.54) is 25.4 Å². The number of nitrogens with zero attached hydrogens (tertiary/aromatic N) is 6. The molecule has 1 atom stereocenters. The normalized spacial score (nSPS) is 17.7. The Morgan fingerprint density at radius 2 is 1.84 bits per heavy atom. The van der Waals surface area contributed by atoms with Crippen molar-refractivity contribution in [2.24, 2.45) is 17.6 Å². The number of benzene rings is 1. The van der Waals surface area contributed by atoms with E-state index in [4.69, 9.17) is 36.9 Å². The molecule has 3 amide bonds. The number of halogens is 3. The molecule has 270 valence electrons. The minimum absolute atomic E-state index is 0.113. The van der Waals surface area contributed by atoms with Crippen molar-refractivity contribution in [1.29, 1.82) is 0 Å². The van der Waals surface area contributed by atoms with Crippen molar-refractivity contribution < 1.29 is 32.6 Å². The first-order chi connectivity index (χ1) is 24.4. The predicted octanol–water partition coefficient (Wildman–Crippen LogP) is 6.78. The lowest BCUT2D eigenvalue weighted by Gasteiger charge is -2.34. The number of nitrogens with two attached hydrogens (primary N) is 1. The molecular weight excluding hydrogens is 684 g/mol. The molecule has 4 aromatic rings.